The second-order valence-corrected chi connectivity index (χ2v) is 3.78. The Morgan fingerprint density at radius 3 is 2.88 bits per heavy atom. The molecule has 1 heterocycles. The Labute approximate surface area is 105 Å². The van der Waals surface area contributed by atoms with Gasteiger partial charge >= 0.3 is 0 Å². The summed E-state index contributed by atoms with van der Waals surface area (Å²) in [6.45, 7) is 0.377. The maximum atomic E-state index is 6.02. The van der Waals surface area contributed by atoms with Crippen LogP contribution in [0.3, 0.4) is 0 Å². The molecule has 0 fully saturated rings. The summed E-state index contributed by atoms with van der Waals surface area (Å²) in [5.41, 5.74) is 0.922. The average Bonchev–Trinajstić information content (AvgIpc) is 2.38. The van der Waals surface area contributed by atoms with Gasteiger partial charge in [0.15, 0.2) is 0 Å². The molecule has 1 aromatic carbocycles. The summed E-state index contributed by atoms with van der Waals surface area (Å²) in [7, 11) is 1.78. The van der Waals surface area contributed by atoms with Gasteiger partial charge in [-0.1, -0.05) is 29.8 Å². The minimum atomic E-state index is 0.377. The van der Waals surface area contributed by atoms with Crippen LogP contribution in [0.2, 0.25) is 5.02 Å². The van der Waals surface area contributed by atoms with E-state index >= 15 is 0 Å². The Morgan fingerprint density at radius 2 is 2.12 bits per heavy atom. The van der Waals surface area contributed by atoms with Gasteiger partial charge in [0.05, 0.1) is 12.4 Å². The molecule has 1 aromatic heterocycles. The van der Waals surface area contributed by atoms with Crippen LogP contribution >= 0.6 is 11.6 Å². The number of halogens is 1. The van der Waals surface area contributed by atoms with Crippen LogP contribution in [0.1, 0.15) is 5.56 Å². The third-order valence-electron chi connectivity index (χ3n) is 2.20. The van der Waals surface area contributed by atoms with Gasteiger partial charge in [-0.25, -0.2) is 0 Å². The molecule has 1 N–H and O–H groups in total. The molecule has 0 aliphatic rings. The van der Waals surface area contributed by atoms with Crippen LogP contribution in [0.5, 0.6) is 5.88 Å². The summed E-state index contributed by atoms with van der Waals surface area (Å²) in [4.78, 5) is 8.20. The summed E-state index contributed by atoms with van der Waals surface area (Å²) >= 11 is 6.02. The summed E-state index contributed by atoms with van der Waals surface area (Å²) in [5, 5.41) is 3.58. The van der Waals surface area contributed by atoms with Gasteiger partial charge in [-0.3, -0.25) is 4.98 Å². The molecule has 4 nitrogen and oxygen atoms in total. The van der Waals surface area contributed by atoms with Crippen LogP contribution in [0.25, 0.3) is 0 Å². The van der Waals surface area contributed by atoms with Crippen molar-refractivity contribution in [3.05, 3.63) is 47.2 Å². The summed E-state index contributed by atoms with van der Waals surface area (Å²) < 4.78 is 5.52. The van der Waals surface area contributed by atoms with Crippen molar-refractivity contribution in [3.8, 4) is 5.88 Å². The number of benzene rings is 1. The fourth-order valence-electron chi connectivity index (χ4n) is 1.31. The average molecular weight is 250 g/mol. The van der Waals surface area contributed by atoms with Gasteiger partial charge in [0.1, 0.15) is 12.4 Å². The zero-order valence-corrected chi connectivity index (χ0v) is 10.1. The number of anilines is 1. The van der Waals surface area contributed by atoms with Crippen LogP contribution in [0, 0.1) is 0 Å². The van der Waals surface area contributed by atoms with Gasteiger partial charge in [-0.05, 0) is 6.07 Å². The van der Waals surface area contributed by atoms with E-state index in [1.165, 1.54) is 0 Å². The lowest BCUT2D eigenvalue weighted by molar-refractivity contribution is 0.293. The molecule has 0 aliphatic heterocycles. The monoisotopic (exact) mass is 249 g/mol. The second-order valence-electron chi connectivity index (χ2n) is 3.37. The van der Waals surface area contributed by atoms with Gasteiger partial charge in [0.25, 0.3) is 0 Å². The second kappa shape index (κ2) is 5.50. The molecule has 17 heavy (non-hydrogen) atoms. The first kappa shape index (κ1) is 11.7. The van der Waals surface area contributed by atoms with Crippen molar-refractivity contribution in [2.45, 2.75) is 6.61 Å². The first-order valence-electron chi connectivity index (χ1n) is 5.15. The first-order chi connectivity index (χ1) is 8.29. The molecule has 0 aliphatic carbocycles. The molecule has 88 valence electrons. The maximum Gasteiger partial charge on any atom is 0.234 e. The predicted molar refractivity (Wildman–Crippen MR) is 67.4 cm³/mol. The van der Waals surface area contributed by atoms with Crippen molar-refractivity contribution < 1.29 is 4.74 Å². The van der Waals surface area contributed by atoms with E-state index in [9.17, 15) is 0 Å². The van der Waals surface area contributed by atoms with Crippen LogP contribution in [0.15, 0.2) is 36.7 Å². The smallest absolute Gasteiger partial charge is 0.234 e. The number of nitrogens with one attached hydrogen (secondary N) is 1. The Kier molecular flexibility index (Phi) is 3.77. The SMILES string of the molecule is CNc1cncc(OCc2ccccc2Cl)n1. The standard InChI is InChI=1S/C12H12ClN3O/c1-14-11-6-15-7-12(16-11)17-8-9-4-2-3-5-10(9)13/h2-7H,8H2,1H3,(H,14,16). The number of nitrogens with zero attached hydrogens (tertiary/aromatic N) is 2. The van der Waals surface area contributed by atoms with Gasteiger partial charge in [0, 0.05) is 17.6 Å². The fraction of sp³-hybridized carbons (Fsp3) is 0.167. The molecule has 0 amide bonds. The van der Waals surface area contributed by atoms with E-state index < -0.39 is 0 Å². The molecular weight excluding hydrogens is 238 g/mol. The molecule has 5 heteroatoms. The molecule has 2 aromatic rings. The molecule has 0 radical (unpaired) electrons. The minimum absolute atomic E-state index is 0.377. The van der Waals surface area contributed by atoms with E-state index in [1.54, 1.807) is 19.4 Å². The van der Waals surface area contributed by atoms with Crippen molar-refractivity contribution in [1.82, 2.24) is 9.97 Å². The number of ether oxygens (including phenoxy) is 1. The highest BCUT2D eigenvalue weighted by molar-refractivity contribution is 6.31. The summed E-state index contributed by atoms with van der Waals surface area (Å²) in [6, 6.07) is 7.54. The highest BCUT2D eigenvalue weighted by Gasteiger charge is 2.02. The van der Waals surface area contributed by atoms with E-state index in [-0.39, 0.29) is 0 Å². The number of hydrogen-bond acceptors (Lipinski definition) is 4. The maximum absolute atomic E-state index is 6.02. The van der Waals surface area contributed by atoms with E-state index in [2.05, 4.69) is 15.3 Å². The lowest BCUT2D eigenvalue weighted by atomic mass is 10.2. The van der Waals surface area contributed by atoms with Crippen molar-refractivity contribution >= 4 is 17.4 Å². The van der Waals surface area contributed by atoms with Crippen LogP contribution in [-0.2, 0) is 6.61 Å². The first-order valence-corrected chi connectivity index (χ1v) is 5.53. The zero-order valence-electron chi connectivity index (χ0n) is 9.35. The Hall–Kier alpha value is -1.81. The zero-order chi connectivity index (χ0) is 12.1. The van der Waals surface area contributed by atoms with E-state index in [1.807, 2.05) is 24.3 Å². The summed E-state index contributed by atoms with van der Waals surface area (Å²) in [6.07, 6.45) is 3.19. The van der Waals surface area contributed by atoms with Crippen molar-refractivity contribution in [1.29, 1.82) is 0 Å². The summed E-state index contributed by atoms with van der Waals surface area (Å²) in [5.74, 6) is 1.14. The van der Waals surface area contributed by atoms with E-state index in [0.29, 0.717) is 23.3 Å². The highest BCUT2D eigenvalue weighted by Crippen LogP contribution is 2.17. The lowest BCUT2D eigenvalue weighted by Gasteiger charge is -2.07. The fourth-order valence-corrected chi connectivity index (χ4v) is 1.50. The molecule has 0 bridgehead atoms. The normalized spacial score (nSPS) is 10.0. The van der Waals surface area contributed by atoms with Crippen LogP contribution < -0.4 is 10.1 Å². The van der Waals surface area contributed by atoms with Gasteiger partial charge in [0.2, 0.25) is 5.88 Å². The van der Waals surface area contributed by atoms with Crippen molar-refractivity contribution in [2.75, 3.05) is 12.4 Å². The molecule has 0 spiro atoms. The third-order valence-corrected chi connectivity index (χ3v) is 2.57. The minimum Gasteiger partial charge on any atom is -0.472 e. The van der Waals surface area contributed by atoms with Crippen LogP contribution in [0.4, 0.5) is 5.82 Å². The predicted octanol–water partition coefficient (Wildman–Crippen LogP) is 2.75. The van der Waals surface area contributed by atoms with Gasteiger partial charge in [-0.15, -0.1) is 0 Å². The highest BCUT2D eigenvalue weighted by atomic mass is 35.5. The molecule has 2 rings (SSSR count). The molecule has 0 atom stereocenters. The lowest BCUT2D eigenvalue weighted by Crippen LogP contribution is -2.00. The topological polar surface area (TPSA) is 47.0 Å². The Bertz CT molecular complexity index is 505. The largest absolute Gasteiger partial charge is 0.472 e. The van der Waals surface area contributed by atoms with Crippen molar-refractivity contribution in [3.63, 3.8) is 0 Å². The third kappa shape index (κ3) is 3.07. The van der Waals surface area contributed by atoms with Crippen LogP contribution in [-0.4, -0.2) is 17.0 Å². The quantitative estimate of drug-likeness (QED) is 0.905. The Balaban J connectivity index is 2.05. The Morgan fingerprint density at radius 1 is 1.29 bits per heavy atom. The number of rotatable bonds is 4. The molecular formula is C12H12ClN3O. The van der Waals surface area contributed by atoms with Gasteiger partial charge in [-0.2, -0.15) is 4.98 Å². The number of hydrogen-bond donors (Lipinski definition) is 1. The molecule has 0 saturated heterocycles. The van der Waals surface area contributed by atoms with Crippen molar-refractivity contribution in [2.24, 2.45) is 0 Å². The molecule has 0 unspecified atom stereocenters. The number of aromatic nitrogens is 2. The van der Waals surface area contributed by atoms with E-state index in [4.69, 9.17) is 16.3 Å². The van der Waals surface area contributed by atoms with Gasteiger partial charge < -0.3 is 10.1 Å². The molecule has 0 saturated carbocycles. The van der Waals surface area contributed by atoms with E-state index in [0.717, 1.165) is 5.56 Å².